The van der Waals surface area contributed by atoms with E-state index in [1.807, 2.05) is 114 Å². The number of pyridine rings is 3. The van der Waals surface area contributed by atoms with Gasteiger partial charge in [-0.05, 0) is 73.3 Å². The Bertz CT molecular complexity index is 1980. The molecule has 3 aromatic heterocycles. The zero-order chi connectivity index (χ0) is 37.3. The van der Waals surface area contributed by atoms with E-state index in [-0.39, 0.29) is 56.9 Å². The Kier molecular flexibility index (Phi) is 22.6. The third-order valence-corrected chi connectivity index (χ3v) is 9.97. The molecule has 0 spiro atoms. The topological polar surface area (TPSA) is 173 Å². The molecule has 280 valence electrons. The van der Waals surface area contributed by atoms with Crippen LogP contribution in [0.25, 0.3) is 32.7 Å². The number of nitrogens with two attached hydrogens (primary N) is 1. The van der Waals surface area contributed by atoms with Gasteiger partial charge in [0.2, 0.25) is 0 Å². The molecule has 0 aliphatic heterocycles. The normalized spacial score (nSPS) is 11.6. The molecule has 54 heavy (non-hydrogen) atoms. The van der Waals surface area contributed by atoms with E-state index in [1.165, 1.54) is 5.39 Å². The summed E-state index contributed by atoms with van der Waals surface area (Å²) >= 11 is 6.64. The van der Waals surface area contributed by atoms with Gasteiger partial charge in [0.1, 0.15) is 12.1 Å². The van der Waals surface area contributed by atoms with Crippen molar-refractivity contribution in [2.45, 2.75) is 43.3 Å². The van der Waals surface area contributed by atoms with Gasteiger partial charge in [-0.3, -0.25) is 29.4 Å². The number of aromatic nitrogens is 3. The first-order valence-corrected chi connectivity index (χ1v) is 20.7. The number of hydrogen-bond acceptors (Lipinski definition) is 10. The van der Waals surface area contributed by atoms with E-state index in [4.69, 9.17) is 20.8 Å². The van der Waals surface area contributed by atoms with Gasteiger partial charge in [-0.1, -0.05) is 88.7 Å². The van der Waals surface area contributed by atoms with Crippen molar-refractivity contribution in [1.82, 2.24) is 19.9 Å². The van der Waals surface area contributed by atoms with Crippen LogP contribution in [0.1, 0.15) is 29.9 Å². The first-order chi connectivity index (χ1) is 25.2. The van der Waals surface area contributed by atoms with Crippen LogP contribution >= 0.6 is 39.5 Å². The summed E-state index contributed by atoms with van der Waals surface area (Å²) in [5, 5.41) is 22.4. The summed E-state index contributed by atoms with van der Waals surface area (Å²) in [5.74, 6) is -0.128. The van der Waals surface area contributed by atoms with E-state index >= 15 is 0 Å². The quantitative estimate of drug-likeness (QED) is 0.0980. The Balaban J connectivity index is 0.000000360. The molecule has 1 unspecified atom stereocenters. The van der Waals surface area contributed by atoms with Crippen molar-refractivity contribution in [3.63, 3.8) is 0 Å². The van der Waals surface area contributed by atoms with Crippen LogP contribution in [0.2, 0.25) is 0 Å². The first-order valence-electron chi connectivity index (χ1n) is 16.8. The maximum Gasteiger partial charge on any atom is 1.00 e. The Morgan fingerprint density at radius 2 is 1.04 bits per heavy atom. The molecule has 6 aromatic rings. The predicted octanol–water partition coefficient (Wildman–Crippen LogP) is 5.10. The van der Waals surface area contributed by atoms with E-state index < -0.39 is 24.0 Å². The van der Waals surface area contributed by atoms with Crippen molar-refractivity contribution >= 4 is 84.1 Å². The maximum atomic E-state index is 12.2. The molecule has 0 radical (unpaired) electrons. The fraction of sp³-hybridized carbons (Fsp3) is 0.275. The number of fused-ring (bicyclic) bond motifs is 3. The number of halogens is 1. The zero-order valence-corrected chi connectivity index (χ0v) is 37.1. The van der Waals surface area contributed by atoms with Crippen molar-refractivity contribution in [3.05, 3.63) is 126 Å². The number of carboxylic acid groups (broad SMARTS) is 2. The minimum absolute atomic E-state index is 0. The Hall–Kier alpha value is -2.47. The molecule has 0 amide bonds. The summed E-state index contributed by atoms with van der Waals surface area (Å²) < 4.78 is 0. The van der Waals surface area contributed by atoms with Crippen LogP contribution in [-0.4, -0.2) is 83.6 Å². The third-order valence-electron chi connectivity index (χ3n) is 8.11. The van der Waals surface area contributed by atoms with E-state index in [0.29, 0.717) is 25.9 Å². The molecule has 0 saturated carbocycles. The van der Waals surface area contributed by atoms with E-state index in [0.717, 1.165) is 61.2 Å². The fourth-order valence-electron chi connectivity index (χ4n) is 5.33. The van der Waals surface area contributed by atoms with Crippen LogP contribution in [0.15, 0.2) is 109 Å². The molecule has 0 aliphatic carbocycles. The van der Waals surface area contributed by atoms with Gasteiger partial charge in [-0.2, -0.15) is 23.5 Å². The number of rotatable bonds is 14. The monoisotopic (exact) mass is 857 g/mol. The summed E-state index contributed by atoms with van der Waals surface area (Å²) in [6, 6.07) is 35.0. The summed E-state index contributed by atoms with van der Waals surface area (Å²) in [7, 11) is 0. The summed E-state index contributed by atoms with van der Waals surface area (Å²) in [6.07, 6.45) is 5.04. The minimum atomic E-state index is -0.913. The molecule has 2 atom stereocenters. The third kappa shape index (κ3) is 15.2. The largest absolute Gasteiger partial charge is 1.00 e. The van der Waals surface area contributed by atoms with Crippen molar-refractivity contribution in [1.29, 1.82) is 0 Å². The molecule has 10 nitrogen and oxygen atoms in total. The number of para-hydroxylation sites is 3. The van der Waals surface area contributed by atoms with Gasteiger partial charge >= 0.3 is 63.3 Å². The second-order valence-corrected chi connectivity index (χ2v) is 14.4. The summed E-state index contributed by atoms with van der Waals surface area (Å²) in [4.78, 5) is 38.2. The Morgan fingerprint density at radius 1 is 0.648 bits per heavy atom. The number of aliphatic carboxylic acids is 2. The van der Waals surface area contributed by atoms with Crippen molar-refractivity contribution in [2.75, 3.05) is 24.0 Å². The van der Waals surface area contributed by atoms with Crippen LogP contribution < -0.4 is 57.1 Å². The van der Waals surface area contributed by atoms with Crippen molar-refractivity contribution in [3.8, 4) is 0 Å². The Labute approximate surface area is 376 Å². The van der Waals surface area contributed by atoms with Gasteiger partial charge in [0, 0.05) is 34.6 Å². The molecule has 0 saturated heterocycles. The maximum absolute atomic E-state index is 12.2. The average Bonchev–Trinajstić information content (AvgIpc) is 3.17. The Morgan fingerprint density at radius 3 is 1.43 bits per heavy atom. The van der Waals surface area contributed by atoms with Gasteiger partial charge in [0.25, 0.3) is 0 Å². The number of hydrogen-bond donors (Lipinski definition) is 3. The van der Waals surface area contributed by atoms with Crippen LogP contribution in [0.5, 0.6) is 0 Å². The minimum Gasteiger partial charge on any atom is -0.870 e. The second kappa shape index (κ2) is 25.6. The van der Waals surface area contributed by atoms with E-state index in [2.05, 4.69) is 33.0 Å². The number of nitrogens with zero attached hydrogens (tertiary/aromatic N) is 4. The number of thioether (sulfide) groups is 2. The molecule has 14 heteroatoms. The summed E-state index contributed by atoms with van der Waals surface area (Å²) in [5.41, 5.74) is 10.9. The van der Waals surface area contributed by atoms with Crippen LogP contribution in [-0.2, 0) is 28.0 Å². The van der Waals surface area contributed by atoms with Gasteiger partial charge < -0.3 is 21.4 Å². The summed E-state index contributed by atoms with van der Waals surface area (Å²) in [6.45, 7) is 0.898. The van der Waals surface area contributed by atoms with Gasteiger partial charge in [-0.25, -0.2) is 0 Å². The predicted molar refractivity (Wildman–Crippen MR) is 222 cm³/mol. The molecule has 0 bridgehead atoms. The van der Waals surface area contributed by atoms with Gasteiger partial charge in [0.15, 0.2) is 0 Å². The average molecular weight is 859 g/mol. The number of alkyl halides is 1. The SMILES string of the molecule is BrCc1ccc2ccccc2n1.CSCCC(N)C(=O)O.CSCC[C@@H](C(=O)O)N(Cc1ccc2ccccc2n1)Cc1ccc2ccccc2n1.[K+].[OH-]. The van der Waals surface area contributed by atoms with Crippen LogP contribution in [0.3, 0.4) is 0 Å². The molecule has 3 heterocycles. The molecule has 3 aromatic carbocycles. The fourth-order valence-corrected chi connectivity index (χ4v) is 6.59. The molecule has 5 N–H and O–H groups in total. The smallest absolute Gasteiger partial charge is 0.870 e. The van der Waals surface area contributed by atoms with Gasteiger partial charge in [-0.15, -0.1) is 0 Å². The van der Waals surface area contributed by atoms with E-state index in [1.54, 1.807) is 23.5 Å². The van der Waals surface area contributed by atoms with Crippen molar-refractivity contribution < 1.29 is 76.7 Å². The second-order valence-electron chi connectivity index (χ2n) is 11.9. The zero-order valence-electron chi connectivity index (χ0n) is 30.7. The number of carbonyl (C=O) groups is 2. The molecule has 6 rings (SSSR count). The van der Waals surface area contributed by atoms with E-state index in [9.17, 15) is 14.7 Å². The molecular weight excluding hydrogens is 814 g/mol. The molecule has 0 aliphatic rings. The molecule has 0 fully saturated rings. The van der Waals surface area contributed by atoms with Crippen molar-refractivity contribution in [2.24, 2.45) is 5.73 Å². The number of carboxylic acids is 2. The first kappa shape index (κ1) is 47.7. The van der Waals surface area contributed by atoms with Gasteiger partial charge in [0.05, 0.1) is 33.6 Å². The van der Waals surface area contributed by atoms with Crippen LogP contribution in [0.4, 0.5) is 0 Å². The van der Waals surface area contributed by atoms with Crippen LogP contribution in [0, 0.1) is 0 Å². The molecular formula is C40H45BrKN5O5S2. The number of benzene rings is 3. The standard InChI is InChI=1S/C25H25N3O2S.C10H8BrN.C5H11NO2S.K.H2O/c1-31-15-14-24(25(29)30)28(16-20-12-10-18-6-2-4-8-22(18)26-20)17-21-13-11-19-7-3-5-9-23(19)27-21;11-7-9-6-5-8-3-1-2-4-10(8)12-9;1-9-3-2-4(6)5(7)8;;/h2-13,24H,14-17H2,1H3,(H,29,30);1-6H,7H2;4H,2-3,6H2,1H3,(H,7,8);;1H2/q;;;+1;/p-1/t24-;;;;/m0..../s1.